The second-order valence-electron chi connectivity index (χ2n) is 8.77. The number of rotatable bonds is 5. The molecule has 1 amide bonds. The largest absolute Gasteiger partial charge is 0.368 e. The Balaban J connectivity index is 1.65. The average Bonchev–Trinajstić information content (AvgIpc) is 2.93. The number of nitro groups is 1. The number of halogens is 1. The van der Waals surface area contributed by atoms with Gasteiger partial charge in [0.25, 0.3) is 11.2 Å². The molecule has 0 radical (unpaired) electrons. The van der Waals surface area contributed by atoms with Gasteiger partial charge in [-0.25, -0.2) is 0 Å². The molecule has 10 heteroatoms. The molecule has 4 aromatic rings. The molecule has 37 heavy (non-hydrogen) atoms. The molecule has 1 aliphatic heterocycles. The number of anilines is 1. The van der Waals surface area contributed by atoms with Crippen molar-refractivity contribution < 1.29 is 9.72 Å². The molecule has 1 saturated heterocycles. The average molecular weight is 518 g/mol. The van der Waals surface area contributed by atoms with Crippen molar-refractivity contribution in [2.24, 2.45) is 0 Å². The van der Waals surface area contributed by atoms with Crippen LogP contribution in [0.2, 0.25) is 5.02 Å². The summed E-state index contributed by atoms with van der Waals surface area (Å²) in [6.07, 6.45) is 0.453. The Kier molecular flexibility index (Phi) is 6.62. The van der Waals surface area contributed by atoms with Crippen LogP contribution in [0.25, 0.3) is 27.7 Å². The number of carbonyl (C=O) groups is 1. The number of hydrogen-bond acceptors (Lipinski definition) is 6. The topological polar surface area (TPSA) is 102 Å². The molecule has 0 saturated carbocycles. The van der Waals surface area contributed by atoms with Crippen LogP contribution in [0.1, 0.15) is 13.3 Å². The van der Waals surface area contributed by atoms with Crippen molar-refractivity contribution in [1.82, 2.24) is 14.7 Å². The number of piperazine rings is 1. The molecule has 1 fully saturated rings. The van der Waals surface area contributed by atoms with Gasteiger partial charge in [0.1, 0.15) is 5.69 Å². The van der Waals surface area contributed by atoms with Gasteiger partial charge in [-0.15, -0.1) is 0 Å². The maximum Gasteiger partial charge on any atom is 0.295 e. The van der Waals surface area contributed by atoms with Crippen LogP contribution in [0.4, 0.5) is 11.4 Å². The third kappa shape index (κ3) is 4.65. The molecule has 9 nitrogen and oxygen atoms in total. The number of benzene rings is 3. The molecule has 1 aliphatic rings. The van der Waals surface area contributed by atoms with Gasteiger partial charge in [-0.05, 0) is 30.3 Å². The van der Waals surface area contributed by atoms with E-state index in [1.54, 1.807) is 54.6 Å². The second-order valence-corrected chi connectivity index (χ2v) is 9.21. The number of amides is 1. The first-order chi connectivity index (χ1) is 17.9. The van der Waals surface area contributed by atoms with Crippen LogP contribution in [-0.2, 0) is 4.79 Å². The van der Waals surface area contributed by atoms with Crippen LogP contribution in [0, 0.1) is 10.1 Å². The molecule has 0 unspecified atom stereocenters. The van der Waals surface area contributed by atoms with Crippen molar-refractivity contribution in [3.05, 3.63) is 92.2 Å². The van der Waals surface area contributed by atoms with Gasteiger partial charge < -0.3 is 9.80 Å². The Labute approximate surface area is 217 Å². The third-order valence-corrected chi connectivity index (χ3v) is 6.86. The number of nitro benzene ring substituents is 1. The Hall–Kier alpha value is -4.24. The summed E-state index contributed by atoms with van der Waals surface area (Å²) in [5, 5.41) is 18.2. The molecule has 1 aromatic heterocycles. The maximum atomic E-state index is 13.6. The highest BCUT2D eigenvalue weighted by atomic mass is 35.5. The number of hydrogen-bond donors (Lipinski definition) is 0. The van der Waals surface area contributed by atoms with E-state index in [1.807, 2.05) is 17.9 Å². The minimum Gasteiger partial charge on any atom is -0.368 e. The van der Waals surface area contributed by atoms with Crippen molar-refractivity contribution in [2.75, 3.05) is 31.1 Å². The molecule has 0 bridgehead atoms. The van der Waals surface area contributed by atoms with E-state index in [-0.39, 0.29) is 17.3 Å². The van der Waals surface area contributed by atoms with Gasteiger partial charge in [0.15, 0.2) is 0 Å². The van der Waals surface area contributed by atoms with E-state index in [4.69, 9.17) is 11.6 Å². The van der Waals surface area contributed by atoms with Crippen LogP contribution in [0.3, 0.4) is 0 Å². The lowest BCUT2D eigenvalue weighted by Crippen LogP contribution is -2.48. The highest BCUT2D eigenvalue weighted by molar-refractivity contribution is 6.30. The van der Waals surface area contributed by atoms with Crippen LogP contribution in [-0.4, -0.2) is 51.7 Å². The summed E-state index contributed by atoms with van der Waals surface area (Å²) in [6, 6.07) is 18.8. The second kappa shape index (κ2) is 10.0. The lowest BCUT2D eigenvalue weighted by Gasteiger charge is -2.36. The van der Waals surface area contributed by atoms with Gasteiger partial charge in [-0.2, -0.15) is 9.78 Å². The highest BCUT2D eigenvalue weighted by Gasteiger charge is 2.25. The van der Waals surface area contributed by atoms with E-state index < -0.39 is 10.5 Å². The fourth-order valence-electron chi connectivity index (χ4n) is 4.64. The Bertz CT molecular complexity index is 1560. The van der Waals surface area contributed by atoms with E-state index in [9.17, 15) is 19.7 Å². The predicted octanol–water partition coefficient (Wildman–Crippen LogP) is 4.67. The summed E-state index contributed by atoms with van der Waals surface area (Å²) < 4.78 is 1.12. The molecule has 0 N–H and O–H groups in total. The lowest BCUT2D eigenvalue weighted by molar-refractivity contribution is -0.384. The molecular weight excluding hydrogens is 494 g/mol. The van der Waals surface area contributed by atoms with Crippen molar-refractivity contribution >= 4 is 39.7 Å². The standard InChI is InChI=1S/C27H24ClN5O4/c1-2-25(34)31-15-13-30(14-16-31)20-11-12-23(33(36)37)24(17-20)32-27(35)22-6-4-3-5-21(22)26(29-32)18-7-9-19(28)10-8-18/h3-12,17H,2,13-16H2,1H3. The van der Waals surface area contributed by atoms with Gasteiger partial charge in [0.05, 0.1) is 16.0 Å². The normalized spacial score (nSPS) is 13.7. The van der Waals surface area contributed by atoms with Gasteiger partial charge >= 0.3 is 0 Å². The number of nitrogens with zero attached hydrogens (tertiary/aromatic N) is 5. The third-order valence-electron chi connectivity index (χ3n) is 6.61. The Morgan fingerprint density at radius 1 is 1.00 bits per heavy atom. The fraction of sp³-hybridized carbons (Fsp3) is 0.222. The lowest BCUT2D eigenvalue weighted by atomic mass is 10.0. The minimum absolute atomic E-state index is 0.0838. The molecule has 0 atom stereocenters. The van der Waals surface area contributed by atoms with Gasteiger partial charge in [0.2, 0.25) is 5.91 Å². The summed E-state index contributed by atoms with van der Waals surface area (Å²) in [6.45, 7) is 4.13. The minimum atomic E-state index is -0.512. The Morgan fingerprint density at radius 2 is 1.68 bits per heavy atom. The molecular formula is C27H24ClN5O4. The quantitative estimate of drug-likeness (QED) is 0.281. The first-order valence-electron chi connectivity index (χ1n) is 12.0. The zero-order valence-electron chi connectivity index (χ0n) is 20.1. The zero-order valence-corrected chi connectivity index (χ0v) is 20.9. The van der Waals surface area contributed by atoms with Crippen LogP contribution in [0.5, 0.6) is 0 Å². The summed E-state index contributed by atoms with van der Waals surface area (Å²) >= 11 is 6.07. The van der Waals surface area contributed by atoms with Crippen LogP contribution < -0.4 is 10.5 Å². The van der Waals surface area contributed by atoms with Crippen molar-refractivity contribution in [3.63, 3.8) is 0 Å². The summed E-state index contributed by atoms with van der Waals surface area (Å²) in [4.78, 5) is 41.0. The number of aromatic nitrogens is 2. The fourth-order valence-corrected chi connectivity index (χ4v) is 4.77. The van der Waals surface area contributed by atoms with Gasteiger partial charge in [-0.1, -0.05) is 48.9 Å². The maximum absolute atomic E-state index is 13.6. The molecule has 0 aliphatic carbocycles. The molecule has 3 aromatic carbocycles. The first kappa shape index (κ1) is 24.5. The van der Waals surface area contributed by atoms with E-state index in [1.165, 1.54) is 6.07 Å². The Morgan fingerprint density at radius 3 is 2.32 bits per heavy atom. The molecule has 188 valence electrons. The molecule has 0 spiro atoms. The van der Waals surface area contributed by atoms with Crippen LogP contribution >= 0.6 is 11.6 Å². The number of fused-ring (bicyclic) bond motifs is 1. The van der Waals surface area contributed by atoms with Crippen molar-refractivity contribution in [2.45, 2.75) is 13.3 Å². The molecule has 5 rings (SSSR count). The first-order valence-corrected chi connectivity index (χ1v) is 12.3. The van der Waals surface area contributed by atoms with E-state index in [2.05, 4.69) is 10.00 Å². The van der Waals surface area contributed by atoms with Crippen molar-refractivity contribution in [1.29, 1.82) is 0 Å². The van der Waals surface area contributed by atoms with E-state index in [0.717, 1.165) is 15.9 Å². The summed E-state index contributed by atoms with van der Waals surface area (Å²) in [5.41, 5.74) is 1.37. The van der Waals surface area contributed by atoms with Crippen LogP contribution in [0.15, 0.2) is 71.5 Å². The van der Waals surface area contributed by atoms with Crippen molar-refractivity contribution in [3.8, 4) is 16.9 Å². The monoisotopic (exact) mass is 517 g/mol. The van der Waals surface area contributed by atoms with Gasteiger partial charge in [0, 0.05) is 60.3 Å². The SMILES string of the molecule is CCC(=O)N1CCN(c2ccc([N+](=O)[O-])c(-n3nc(-c4ccc(Cl)cc4)c4ccccc4c3=O)c2)CC1. The van der Waals surface area contributed by atoms with E-state index >= 15 is 0 Å². The zero-order chi connectivity index (χ0) is 26.1. The summed E-state index contributed by atoms with van der Waals surface area (Å²) in [5.74, 6) is 0.102. The smallest absolute Gasteiger partial charge is 0.295 e. The molecule has 2 heterocycles. The highest BCUT2D eigenvalue weighted by Crippen LogP contribution is 2.31. The summed E-state index contributed by atoms with van der Waals surface area (Å²) in [7, 11) is 0. The van der Waals surface area contributed by atoms with Gasteiger partial charge in [-0.3, -0.25) is 19.7 Å². The van der Waals surface area contributed by atoms with E-state index in [0.29, 0.717) is 54.1 Å². The number of carbonyl (C=O) groups excluding carboxylic acids is 1. The predicted molar refractivity (Wildman–Crippen MR) is 144 cm³/mol.